The molecule has 0 atom stereocenters. The van der Waals surface area contributed by atoms with Crippen molar-refractivity contribution >= 4 is 17.5 Å². The molecule has 4 nitrogen and oxygen atoms in total. The number of benzene rings is 1. The van der Waals surface area contributed by atoms with E-state index >= 15 is 0 Å². The topological polar surface area (TPSA) is 27.7 Å². The molecule has 0 radical (unpaired) electrons. The number of hydroxylamine groups is 1. The minimum Gasteiger partial charge on any atom is -0.360 e. The first-order valence-corrected chi connectivity index (χ1v) is 11.7. The molecule has 0 amide bonds. The van der Waals surface area contributed by atoms with Crippen LogP contribution < -0.4 is 5.48 Å². The van der Waals surface area contributed by atoms with Crippen LogP contribution in [0.4, 0.5) is 8.78 Å². The molecule has 7 heteroatoms. The molecule has 0 unspecified atom stereocenters. The van der Waals surface area contributed by atoms with Crippen molar-refractivity contribution < 1.29 is 13.6 Å². The maximum absolute atomic E-state index is 14.8. The molecular formula is C23H31F2N3OS. The summed E-state index contributed by atoms with van der Waals surface area (Å²) in [6.45, 7) is 4.31. The second kappa shape index (κ2) is 11.4. The number of nitrogens with zero attached hydrogens (tertiary/aromatic N) is 2. The van der Waals surface area contributed by atoms with Gasteiger partial charge in [0.25, 0.3) is 0 Å². The third-order valence-corrected chi connectivity index (χ3v) is 6.42. The Morgan fingerprint density at radius 1 is 1.30 bits per heavy atom. The summed E-state index contributed by atoms with van der Waals surface area (Å²) in [7, 11) is 2.04. The Morgan fingerprint density at radius 2 is 2.10 bits per heavy atom. The van der Waals surface area contributed by atoms with E-state index < -0.39 is 0 Å². The molecule has 164 valence electrons. The third kappa shape index (κ3) is 6.01. The number of nitrogens with one attached hydrogen (secondary N) is 1. The molecule has 0 bridgehead atoms. The van der Waals surface area contributed by atoms with Crippen LogP contribution in [0, 0.1) is 5.82 Å². The van der Waals surface area contributed by atoms with Gasteiger partial charge >= 0.3 is 0 Å². The predicted molar refractivity (Wildman–Crippen MR) is 121 cm³/mol. The lowest BCUT2D eigenvalue weighted by molar-refractivity contribution is 0.000311. The summed E-state index contributed by atoms with van der Waals surface area (Å²) >= 11 is 1.90. The van der Waals surface area contributed by atoms with Crippen molar-refractivity contribution in [2.24, 2.45) is 0 Å². The summed E-state index contributed by atoms with van der Waals surface area (Å²) in [5.41, 5.74) is 3.86. The molecule has 30 heavy (non-hydrogen) atoms. The van der Waals surface area contributed by atoms with Gasteiger partial charge in [-0.3, -0.25) is 10.3 Å². The highest BCUT2D eigenvalue weighted by molar-refractivity contribution is 7.99. The minimum atomic E-state index is -0.347. The maximum atomic E-state index is 14.8. The molecule has 1 aromatic carbocycles. The molecule has 2 heterocycles. The maximum Gasteiger partial charge on any atom is 0.128 e. The highest BCUT2D eigenvalue weighted by Crippen LogP contribution is 2.24. The summed E-state index contributed by atoms with van der Waals surface area (Å²) in [6, 6.07) is 4.83. The fourth-order valence-corrected chi connectivity index (χ4v) is 4.62. The first-order chi connectivity index (χ1) is 14.6. The quantitative estimate of drug-likeness (QED) is 0.576. The van der Waals surface area contributed by atoms with E-state index in [-0.39, 0.29) is 17.6 Å². The van der Waals surface area contributed by atoms with E-state index in [1.54, 1.807) is 12.1 Å². The van der Waals surface area contributed by atoms with Crippen LogP contribution in [0.25, 0.3) is 5.70 Å². The van der Waals surface area contributed by atoms with Crippen molar-refractivity contribution in [3.8, 4) is 0 Å². The fourth-order valence-electron chi connectivity index (χ4n) is 3.56. The average molecular weight is 436 g/mol. The van der Waals surface area contributed by atoms with Gasteiger partial charge in [0.1, 0.15) is 18.0 Å². The Hall–Kier alpha value is -1.99. The Balaban J connectivity index is 1.65. The van der Waals surface area contributed by atoms with E-state index in [0.29, 0.717) is 24.0 Å². The van der Waals surface area contributed by atoms with Crippen molar-refractivity contribution in [2.45, 2.75) is 38.8 Å². The van der Waals surface area contributed by atoms with Gasteiger partial charge in [-0.2, -0.15) is 11.8 Å². The number of likely N-dealkylation sites (N-methyl/N-ethyl adjacent to an activating group) is 1. The number of allylic oxidation sites excluding steroid dienone is 3. The first kappa shape index (κ1) is 22.7. The van der Waals surface area contributed by atoms with E-state index in [4.69, 9.17) is 4.84 Å². The number of hydrogen-bond acceptors (Lipinski definition) is 5. The van der Waals surface area contributed by atoms with Crippen molar-refractivity contribution in [2.75, 3.05) is 31.6 Å². The normalized spacial score (nSPS) is 20.0. The molecule has 2 saturated heterocycles. The van der Waals surface area contributed by atoms with Crippen molar-refractivity contribution in [3.63, 3.8) is 0 Å². The zero-order valence-corrected chi connectivity index (χ0v) is 18.6. The molecule has 0 aromatic heterocycles. The van der Waals surface area contributed by atoms with Gasteiger partial charge in [-0.1, -0.05) is 31.2 Å². The van der Waals surface area contributed by atoms with Gasteiger partial charge in [-0.05, 0) is 42.9 Å². The number of halogens is 2. The van der Waals surface area contributed by atoms with Gasteiger partial charge in [0.2, 0.25) is 0 Å². The Morgan fingerprint density at radius 3 is 2.80 bits per heavy atom. The van der Waals surface area contributed by atoms with Gasteiger partial charge in [0, 0.05) is 37.8 Å². The fraction of sp³-hybridized carbons (Fsp3) is 0.478. The summed E-state index contributed by atoms with van der Waals surface area (Å²) in [5, 5.41) is 0. The van der Waals surface area contributed by atoms with Crippen LogP contribution in [-0.4, -0.2) is 47.5 Å². The third-order valence-electron chi connectivity index (χ3n) is 5.38. The average Bonchev–Trinajstić information content (AvgIpc) is 3.10. The van der Waals surface area contributed by atoms with E-state index in [1.807, 2.05) is 24.9 Å². The molecule has 1 N–H and O–H groups in total. The zero-order valence-electron chi connectivity index (χ0n) is 17.7. The standard InChI is InChI=1S/C23H31F2N3OS/c1-3-4-5-6-23-27(2)11-12-28(23)17-19-8-7-18(15-21(19)25)22(16-24)26-29-20-9-13-30-14-10-20/h4-8,15-16,20,26H,3,9-14,17H2,1-2H3/b5-4+,22-16-,23-6+. The van der Waals surface area contributed by atoms with E-state index in [1.165, 1.54) is 6.07 Å². The second-order valence-corrected chi connectivity index (χ2v) is 8.79. The van der Waals surface area contributed by atoms with Crippen LogP contribution in [0.3, 0.4) is 0 Å². The minimum absolute atomic E-state index is 0.0597. The lowest BCUT2D eigenvalue weighted by atomic mass is 10.1. The Bertz CT molecular complexity index is 791. The molecule has 1 aromatic rings. The van der Waals surface area contributed by atoms with Crippen LogP contribution in [0.1, 0.15) is 37.3 Å². The van der Waals surface area contributed by atoms with Crippen molar-refractivity contribution in [1.82, 2.24) is 15.3 Å². The molecule has 2 fully saturated rings. The predicted octanol–water partition coefficient (Wildman–Crippen LogP) is 5.07. The summed E-state index contributed by atoms with van der Waals surface area (Å²) in [4.78, 5) is 9.95. The lowest BCUT2D eigenvalue weighted by Crippen LogP contribution is -2.26. The van der Waals surface area contributed by atoms with Crippen LogP contribution in [0.5, 0.6) is 0 Å². The van der Waals surface area contributed by atoms with Gasteiger partial charge in [-0.15, -0.1) is 0 Å². The van der Waals surface area contributed by atoms with Crippen LogP contribution in [0.2, 0.25) is 0 Å². The van der Waals surface area contributed by atoms with Crippen LogP contribution in [-0.2, 0) is 11.4 Å². The highest BCUT2D eigenvalue weighted by atomic mass is 32.2. The van der Waals surface area contributed by atoms with E-state index in [2.05, 4.69) is 34.4 Å². The Labute approximate surface area is 182 Å². The number of thioether (sulfide) groups is 1. The van der Waals surface area contributed by atoms with Crippen molar-refractivity contribution in [1.29, 1.82) is 0 Å². The molecule has 0 saturated carbocycles. The van der Waals surface area contributed by atoms with E-state index in [0.717, 1.165) is 49.7 Å². The van der Waals surface area contributed by atoms with Gasteiger partial charge < -0.3 is 9.80 Å². The monoisotopic (exact) mass is 435 g/mol. The van der Waals surface area contributed by atoms with Crippen LogP contribution >= 0.6 is 11.8 Å². The molecule has 0 spiro atoms. The zero-order chi connectivity index (χ0) is 21.3. The summed E-state index contributed by atoms with van der Waals surface area (Å²) < 4.78 is 28.3. The Kier molecular flexibility index (Phi) is 8.63. The molecule has 2 aliphatic heterocycles. The smallest absolute Gasteiger partial charge is 0.128 e. The summed E-state index contributed by atoms with van der Waals surface area (Å²) in [6.07, 6.45) is 9.53. The van der Waals surface area contributed by atoms with Crippen LogP contribution in [0.15, 0.2) is 48.6 Å². The van der Waals surface area contributed by atoms with Gasteiger partial charge in [0.05, 0.1) is 11.8 Å². The van der Waals surface area contributed by atoms with E-state index in [9.17, 15) is 8.78 Å². The number of rotatable bonds is 8. The molecule has 2 aliphatic rings. The van der Waals surface area contributed by atoms with Gasteiger partial charge in [0.15, 0.2) is 0 Å². The molecule has 0 aliphatic carbocycles. The lowest BCUT2D eigenvalue weighted by Gasteiger charge is -2.23. The number of hydrogen-bond donors (Lipinski definition) is 1. The molecule has 3 rings (SSSR count). The van der Waals surface area contributed by atoms with Gasteiger partial charge in [-0.25, -0.2) is 8.78 Å². The first-order valence-electron chi connectivity index (χ1n) is 10.5. The second-order valence-electron chi connectivity index (χ2n) is 7.56. The summed E-state index contributed by atoms with van der Waals surface area (Å²) in [5.74, 6) is 2.82. The molecular weight excluding hydrogens is 404 g/mol. The highest BCUT2D eigenvalue weighted by Gasteiger charge is 2.22. The SMILES string of the molecule is CC/C=C/C=C1\N(C)CCN1Cc1ccc(/C(=C/F)NOC2CCSCC2)cc1F. The largest absolute Gasteiger partial charge is 0.360 e. The van der Waals surface area contributed by atoms with Crippen molar-refractivity contribution in [3.05, 3.63) is 65.5 Å².